The van der Waals surface area contributed by atoms with E-state index < -0.39 is 28.0 Å². The second-order valence-corrected chi connectivity index (χ2v) is 10.1. The molecule has 1 amide bonds. The van der Waals surface area contributed by atoms with E-state index in [1.165, 1.54) is 0 Å². The van der Waals surface area contributed by atoms with Crippen molar-refractivity contribution in [1.82, 2.24) is 5.32 Å². The maximum absolute atomic E-state index is 13.5. The Balaban J connectivity index is 1.67. The van der Waals surface area contributed by atoms with Crippen LogP contribution in [0.25, 0.3) is 0 Å². The SMILES string of the molecule is Cc1ccccc1[C@H](NC(=O)[C@@H](C)N(c1ccc2c(c1)OCCO2)S(C)(=O)=O)c1ccccc1. The van der Waals surface area contributed by atoms with Crippen molar-refractivity contribution in [1.29, 1.82) is 0 Å². The molecule has 0 spiro atoms. The third kappa shape index (κ3) is 5.02. The fourth-order valence-corrected chi connectivity index (χ4v) is 5.30. The van der Waals surface area contributed by atoms with Crippen molar-refractivity contribution >= 4 is 21.6 Å². The first-order valence-electron chi connectivity index (χ1n) is 11.1. The molecule has 0 radical (unpaired) electrons. The Morgan fingerprint density at radius 2 is 1.59 bits per heavy atom. The second-order valence-electron chi connectivity index (χ2n) is 8.27. The molecule has 0 bridgehead atoms. The molecule has 4 rings (SSSR count). The third-order valence-electron chi connectivity index (χ3n) is 5.79. The first-order valence-corrected chi connectivity index (χ1v) is 12.9. The van der Waals surface area contributed by atoms with Crippen LogP contribution in [0.15, 0.2) is 72.8 Å². The summed E-state index contributed by atoms with van der Waals surface area (Å²) >= 11 is 0. The van der Waals surface area contributed by atoms with E-state index >= 15 is 0 Å². The zero-order chi connectivity index (χ0) is 24.3. The van der Waals surface area contributed by atoms with E-state index in [4.69, 9.17) is 9.47 Å². The molecule has 1 aliphatic heterocycles. The summed E-state index contributed by atoms with van der Waals surface area (Å²) < 4.78 is 37.9. The Bertz CT molecular complexity index is 1280. The molecule has 3 aromatic carbocycles. The van der Waals surface area contributed by atoms with Gasteiger partial charge in [-0.15, -0.1) is 0 Å². The van der Waals surface area contributed by atoms with Crippen LogP contribution in [0.4, 0.5) is 5.69 Å². The number of hydrogen-bond acceptors (Lipinski definition) is 5. The van der Waals surface area contributed by atoms with Crippen molar-refractivity contribution in [2.24, 2.45) is 0 Å². The number of fused-ring (bicyclic) bond motifs is 1. The van der Waals surface area contributed by atoms with Crippen molar-refractivity contribution in [3.8, 4) is 11.5 Å². The average Bonchev–Trinajstić information content (AvgIpc) is 2.82. The fraction of sp³-hybridized carbons (Fsp3) is 0.269. The molecule has 1 aliphatic rings. The summed E-state index contributed by atoms with van der Waals surface area (Å²) in [5, 5.41) is 3.07. The lowest BCUT2D eigenvalue weighted by Gasteiger charge is -2.31. The van der Waals surface area contributed by atoms with Crippen LogP contribution < -0.4 is 19.1 Å². The van der Waals surface area contributed by atoms with Crippen LogP contribution in [-0.2, 0) is 14.8 Å². The van der Waals surface area contributed by atoms with Gasteiger partial charge in [0.15, 0.2) is 11.5 Å². The minimum absolute atomic E-state index is 0.335. The highest BCUT2D eigenvalue weighted by molar-refractivity contribution is 7.92. The van der Waals surface area contributed by atoms with E-state index in [-0.39, 0.29) is 0 Å². The molecule has 0 unspecified atom stereocenters. The van der Waals surface area contributed by atoms with Gasteiger partial charge in [0.25, 0.3) is 0 Å². The number of carbonyl (C=O) groups excluding carboxylic acids is 1. The first kappa shape index (κ1) is 23.6. The van der Waals surface area contributed by atoms with E-state index in [0.29, 0.717) is 30.4 Å². The van der Waals surface area contributed by atoms with E-state index in [0.717, 1.165) is 27.3 Å². The summed E-state index contributed by atoms with van der Waals surface area (Å²) in [6, 6.07) is 20.9. The molecule has 1 N–H and O–H groups in total. The van der Waals surface area contributed by atoms with Crippen LogP contribution in [-0.4, -0.2) is 39.8 Å². The number of carbonyl (C=O) groups is 1. The number of amides is 1. The Kier molecular flexibility index (Phi) is 6.79. The standard InChI is InChI=1S/C26H28N2O5S/c1-18-9-7-8-12-22(18)25(20-10-5-4-6-11-20)27-26(29)19(2)28(34(3,30)31)21-13-14-23-24(17-21)33-16-15-32-23/h4-14,17,19,25H,15-16H2,1-3H3,(H,27,29)/t19-,25-/m1/s1. The van der Waals surface area contributed by atoms with Gasteiger partial charge >= 0.3 is 0 Å². The van der Waals surface area contributed by atoms with Crippen molar-refractivity contribution in [2.45, 2.75) is 25.9 Å². The maximum Gasteiger partial charge on any atom is 0.244 e. The molecular formula is C26H28N2O5S. The lowest BCUT2D eigenvalue weighted by atomic mass is 9.94. The summed E-state index contributed by atoms with van der Waals surface area (Å²) in [4.78, 5) is 13.5. The van der Waals surface area contributed by atoms with Crippen LogP contribution in [0.5, 0.6) is 11.5 Å². The summed E-state index contributed by atoms with van der Waals surface area (Å²) in [5.41, 5.74) is 3.21. The van der Waals surface area contributed by atoms with Gasteiger partial charge < -0.3 is 14.8 Å². The van der Waals surface area contributed by atoms with Gasteiger partial charge in [0.05, 0.1) is 18.0 Å². The van der Waals surface area contributed by atoms with Gasteiger partial charge in [-0.25, -0.2) is 8.42 Å². The third-order valence-corrected chi connectivity index (χ3v) is 7.03. The minimum Gasteiger partial charge on any atom is -0.486 e. The predicted octanol–water partition coefficient (Wildman–Crippen LogP) is 3.83. The van der Waals surface area contributed by atoms with E-state index in [2.05, 4.69) is 5.32 Å². The molecule has 0 aliphatic carbocycles. The lowest BCUT2D eigenvalue weighted by Crippen LogP contribution is -2.48. The molecule has 7 nitrogen and oxygen atoms in total. The normalized spacial score (nSPS) is 14.7. The van der Waals surface area contributed by atoms with Crippen LogP contribution in [0.2, 0.25) is 0 Å². The first-order chi connectivity index (χ1) is 16.3. The van der Waals surface area contributed by atoms with Gasteiger partial charge in [-0.2, -0.15) is 0 Å². The van der Waals surface area contributed by atoms with Crippen molar-refractivity contribution in [3.05, 3.63) is 89.5 Å². The second kappa shape index (κ2) is 9.77. The number of hydrogen-bond donors (Lipinski definition) is 1. The molecule has 0 aromatic heterocycles. The van der Waals surface area contributed by atoms with Crippen LogP contribution in [0, 0.1) is 6.92 Å². The molecular weight excluding hydrogens is 452 g/mol. The predicted molar refractivity (Wildman–Crippen MR) is 132 cm³/mol. The highest BCUT2D eigenvalue weighted by Crippen LogP contribution is 2.35. The molecule has 3 aromatic rings. The molecule has 0 fully saturated rings. The summed E-state index contributed by atoms with van der Waals surface area (Å²) in [5.74, 6) is 0.578. The van der Waals surface area contributed by atoms with Gasteiger partial charge in [0.2, 0.25) is 15.9 Å². The summed E-state index contributed by atoms with van der Waals surface area (Å²) in [6.45, 7) is 4.37. The van der Waals surface area contributed by atoms with Gasteiger partial charge in [-0.05, 0) is 42.7 Å². The molecule has 8 heteroatoms. The number of ether oxygens (including phenoxy) is 2. The monoisotopic (exact) mass is 480 g/mol. The lowest BCUT2D eigenvalue weighted by molar-refractivity contribution is -0.122. The number of nitrogens with zero attached hydrogens (tertiary/aromatic N) is 1. The zero-order valence-electron chi connectivity index (χ0n) is 19.4. The van der Waals surface area contributed by atoms with Gasteiger partial charge in [0.1, 0.15) is 19.3 Å². The van der Waals surface area contributed by atoms with E-state index in [1.54, 1.807) is 25.1 Å². The Labute approximate surface area is 200 Å². The van der Waals surface area contributed by atoms with Crippen LogP contribution in [0.1, 0.15) is 29.7 Å². The molecule has 0 saturated carbocycles. The number of benzene rings is 3. The van der Waals surface area contributed by atoms with Crippen molar-refractivity contribution < 1.29 is 22.7 Å². The Morgan fingerprint density at radius 1 is 0.941 bits per heavy atom. The van der Waals surface area contributed by atoms with Crippen LogP contribution in [0.3, 0.4) is 0 Å². The molecule has 1 heterocycles. The largest absolute Gasteiger partial charge is 0.486 e. The van der Waals surface area contributed by atoms with Gasteiger partial charge in [-0.1, -0.05) is 54.6 Å². The number of rotatable bonds is 7. The Hall–Kier alpha value is -3.52. The summed E-state index contributed by atoms with van der Waals surface area (Å²) in [7, 11) is -3.79. The number of aryl methyl sites for hydroxylation is 1. The zero-order valence-corrected chi connectivity index (χ0v) is 20.2. The quantitative estimate of drug-likeness (QED) is 0.556. The minimum atomic E-state index is -3.79. The highest BCUT2D eigenvalue weighted by Gasteiger charge is 2.32. The molecule has 178 valence electrons. The van der Waals surface area contributed by atoms with Gasteiger partial charge in [0, 0.05) is 6.07 Å². The summed E-state index contributed by atoms with van der Waals surface area (Å²) in [6.07, 6.45) is 1.09. The molecule has 0 saturated heterocycles. The van der Waals surface area contributed by atoms with E-state index in [1.807, 2.05) is 61.5 Å². The number of nitrogens with one attached hydrogen (secondary N) is 1. The maximum atomic E-state index is 13.5. The van der Waals surface area contributed by atoms with E-state index in [9.17, 15) is 13.2 Å². The molecule has 2 atom stereocenters. The van der Waals surface area contributed by atoms with Crippen molar-refractivity contribution in [3.63, 3.8) is 0 Å². The fourth-order valence-electron chi connectivity index (χ4n) is 4.14. The van der Waals surface area contributed by atoms with Gasteiger partial charge in [-0.3, -0.25) is 9.10 Å². The average molecular weight is 481 g/mol. The van der Waals surface area contributed by atoms with Crippen LogP contribution >= 0.6 is 0 Å². The number of anilines is 1. The number of sulfonamides is 1. The molecule has 34 heavy (non-hydrogen) atoms. The topological polar surface area (TPSA) is 84.9 Å². The highest BCUT2D eigenvalue weighted by atomic mass is 32.2. The van der Waals surface area contributed by atoms with Crippen molar-refractivity contribution in [2.75, 3.05) is 23.8 Å². The Morgan fingerprint density at radius 3 is 2.26 bits per heavy atom. The smallest absolute Gasteiger partial charge is 0.244 e.